The fourth-order valence-corrected chi connectivity index (χ4v) is 2.54. The normalized spacial score (nSPS) is 19.6. The zero-order valence-electron chi connectivity index (χ0n) is 11.3. The van der Waals surface area contributed by atoms with Crippen LogP contribution in [0.2, 0.25) is 5.02 Å². The van der Waals surface area contributed by atoms with Crippen LogP contribution in [-0.4, -0.2) is 37.0 Å². The Labute approximate surface area is 118 Å². The van der Waals surface area contributed by atoms with Gasteiger partial charge in [0.1, 0.15) is 5.75 Å². The molecule has 5 heteroatoms. The Morgan fingerprint density at radius 1 is 1.53 bits per heavy atom. The minimum absolute atomic E-state index is 0.0704. The molecule has 0 aromatic heterocycles. The van der Waals surface area contributed by atoms with Gasteiger partial charge in [0.05, 0.1) is 13.2 Å². The lowest BCUT2D eigenvalue weighted by molar-refractivity contribution is -0.136. The van der Waals surface area contributed by atoms with Gasteiger partial charge in [-0.05, 0) is 24.6 Å². The van der Waals surface area contributed by atoms with Crippen molar-refractivity contribution in [1.82, 2.24) is 10.2 Å². The lowest BCUT2D eigenvalue weighted by atomic mass is 10.1. The van der Waals surface area contributed by atoms with Crippen molar-refractivity contribution in [2.75, 3.05) is 20.2 Å². The van der Waals surface area contributed by atoms with Gasteiger partial charge in [-0.25, -0.2) is 0 Å². The monoisotopic (exact) mass is 282 g/mol. The van der Waals surface area contributed by atoms with Crippen LogP contribution in [0.1, 0.15) is 18.9 Å². The molecule has 0 aliphatic carbocycles. The van der Waals surface area contributed by atoms with Gasteiger partial charge in [-0.1, -0.05) is 18.5 Å². The SMILES string of the molecule is CCC1NCCN(Cc2cc(Cl)ccc2OC)C1=O. The molecule has 0 saturated carbocycles. The number of piperazine rings is 1. The maximum Gasteiger partial charge on any atom is 0.240 e. The van der Waals surface area contributed by atoms with E-state index < -0.39 is 0 Å². The topological polar surface area (TPSA) is 41.6 Å². The van der Waals surface area contributed by atoms with Gasteiger partial charge in [0.2, 0.25) is 5.91 Å². The van der Waals surface area contributed by atoms with Gasteiger partial charge in [-0.2, -0.15) is 0 Å². The fraction of sp³-hybridized carbons (Fsp3) is 0.500. The minimum atomic E-state index is -0.0704. The lowest BCUT2D eigenvalue weighted by Crippen LogP contribution is -2.54. The summed E-state index contributed by atoms with van der Waals surface area (Å²) < 4.78 is 5.32. The van der Waals surface area contributed by atoms with Crippen molar-refractivity contribution >= 4 is 17.5 Å². The fourth-order valence-electron chi connectivity index (χ4n) is 2.34. The summed E-state index contributed by atoms with van der Waals surface area (Å²) in [7, 11) is 1.63. The molecule has 1 unspecified atom stereocenters. The Kier molecular flexibility index (Phi) is 4.66. The van der Waals surface area contributed by atoms with Crippen LogP contribution in [0.15, 0.2) is 18.2 Å². The number of amides is 1. The molecule has 0 spiro atoms. The van der Waals surface area contributed by atoms with Gasteiger partial charge in [0.25, 0.3) is 0 Å². The number of hydrogen-bond acceptors (Lipinski definition) is 3. The van der Waals surface area contributed by atoms with Crippen molar-refractivity contribution in [3.63, 3.8) is 0 Å². The van der Waals surface area contributed by atoms with E-state index in [0.29, 0.717) is 18.1 Å². The molecule has 1 amide bonds. The van der Waals surface area contributed by atoms with Crippen molar-refractivity contribution < 1.29 is 9.53 Å². The second-order valence-electron chi connectivity index (χ2n) is 4.63. The third-order valence-corrected chi connectivity index (χ3v) is 3.63. The summed E-state index contributed by atoms with van der Waals surface area (Å²) in [6.45, 7) is 4.10. The second kappa shape index (κ2) is 6.26. The van der Waals surface area contributed by atoms with Crippen LogP contribution in [0.25, 0.3) is 0 Å². The predicted molar refractivity (Wildman–Crippen MR) is 75.5 cm³/mol. The first-order valence-corrected chi connectivity index (χ1v) is 6.88. The molecule has 4 nitrogen and oxygen atoms in total. The smallest absolute Gasteiger partial charge is 0.240 e. The number of benzene rings is 1. The van der Waals surface area contributed by atoms with Crippen LogP contribution < -0.4 is 10.1 Å². The molecule has 1 aromatic carbocycles. The summed E-state index contributed by atoms with van der Waals surface area (Å²) in [5, 5.41) is 3.88. The van der Waals surface area contributed by atoms with Crippen LogP contribution in [0.3, 0.4) is 0 Å². The zero-order chi connectivity index (χ0) is 13.8. The number of hydrogen-bond donors (Lipinski definition) is 1. The van der Waals surface area contributed by atoms with Gasteiger partial charge >= 0.3 is 0 Å². The number of ether oxygens (including phenoxy) is 1. The summed E-state index contributed by atoms with van der Waals surface area (Å²) in [6, 6.07) is 5.41. The summed E-state index contributed by atoms with van der Waals surface area (Å²) in [5.74, 6) is 0.916. The van der Waals surface area contributed by atoms with E-state index in [2.05, 4.69) is 5.32 Å². The first-order valence-electron chi connectivity index (χ1n) is 6.50. The van der Waals surface area contributed by atoms with E-state index in [-0.39, 0.29) is 11.9 Å². The van der Waals surface area contributed by atoms with E-state index in [1.165, 1.54) is 0 Å². The third-order valence-electron chi connectivity index (χ3n) is 3.39. The minimum Gasteiger partial charge on any atom is -0.496 e. The molecule has 1 aromatic rings. The maximum atomic E-state index is 12.2. The largest absolute Gasteiger partial charge is 0.496 e. The molecular formula is C14H19ClN2O2. The van der Waals surface area contributed by atoms with E-state index in [4.69, 9.17) is 16.3 Å². The second-order valence-corrected chi connectivity index (χ2v) is 5.07. The number of nitrogens with zero attached hydrogens (tertiary/aromatic N) is 1. The molecule has 1 saturated heterocycles. The Morgan fingerprint density at radius 2 is 2.32 bits per heavy atom. The Balaban J connectivity index is 2.16. The molecule has 1 aliphatic rings. The van der Waals surface area contributed by atoms with E-state index in [0.717, 1.165) is 24.3 Å². The van der Waals surface area contributed by atoms with Crippen molar-refractivity contribution in [3.8, 4) is 5.75 Å². The number of halogens is 1. The van der Waals surface area contributed by atoms with E-state index in [1.54, 1.807) is 13.2 Å². The van der Waals surface area contributed by atoms with Crippen LogP contribution in [0.5, 0.6) is 5.75 Å². The first-order chi connectivity index (χ1) is 9.15. The molecule has 1 aliphatic heterocycles. The number of carbonyl (C=O) groups excluding carboxylic acids is 1. The Morgan fingerprint density at radius 3 is 3.00 bits per heavy atom. The van der Waals surface area contributed by atoms with Crippen LogP contribution in [-0.2, 0) is 11.3 Å². The van der Waals surface area contributed by atoms with Gasteiger partial charge in [0.15, 0.2) is 0 Å². The molecule has 0 radical (unpaired) electrons. The van der Waals surface area contributed by atoms with E-state index in [9.17, 15) is 4.79 Å². The molecular weight excluding hydrogens is 264 g/mol. The summed E-state index contributed by atoms with van der Waals surface area (Å²) >= 11 is 6.01. The van der Waals surface area contributed by atoms with Crippen molar-refractivity contribution in [1.29, 1.82) is 0 Å². The number of carbonyl (C=O) groups is 1. The highest BCUT2D eigenvalue weighted by atomic mass is 35.5. The molecule has 1 heterocycles. The molecule has 0 bridgehead atoms. The number of nitrogens with one attached hydrogen (secondary N) is 1. The average molecular weight is 283 g/mol. The molecule has 1 N–H and O–H groups in total. The van der Waals surface area contributed by atoms with Crippen molar-refractivity contribution in [2.24, 2.45) is 0 Å². The highest BCUT2D eigenvalue weighted by molar-refractivity contribution is 6.30. The first kappa shape index (κ1) is 14.2. The highest BCUT2D eigenvalue weighted by Crippen LogP contribution is 2.24. The third kappa shape index (κ3) is 3.19. The van der Waals surface area contributed by atoms with E-state index >= 15 is 0 Å². The van der Waals surface area contributed by atoms with Crippen LogP contribution >= 0.6 is 11.6 Å². The molecule has 19 heavy (non-hydrogen) atoms. The summed E-state index contributed by atoms with van der Waals surface area (Å²) in [6.07, 6.45) is 0.808. The Bertz CT molecular complexity index is 465. The lowest BCUT2D eigenvalue weighted by Gasteiger charge is -2.33. The van der Waals surface area contributed by atoms with Crippen molar-refractivity contribution in [3.05, 3.63) is 28.8 Å². The standard InChI is InChI=1S/C14H19ClN2O2/c1-3-12-14(18)17(7-6-16-12)9-10-8-11(15)4-5-13(10)19-2/h4-5,8,12,16H,3,6-7,9H2,1-2H3. The van der Waals surface area contributed by atoms with Crippen LogP contribution in [0.4, 0.5) is 0 Å². The number of rotatable bonds is 4. The molecule has 2 rings (SSSR count). The highest BCUT2D eigenvalue weighted by Gasteiger charge is 2.27. The van der Waals surface area contributed by atoms with Crippen molar-refractivity contribution in [2.45, 2.75) is 25.9 Å². The van der Waals surface area contributed by atoms with Gasteiger partial charge < -0.3 is 15.0 Å². The van der Waals surface area contributed by atoms with E-state index in [1.807, 2.05) is 24.0 Å². The van der Waals surface area contributed by atoms with Crippen LogP contribution in [0, 0.1) is 0 Å². The predicted octanol–water partition coefficient (Wildman–Crippen LogP) is 2.06. The van der Waals surface area contributed by atoms with Gasteiger partial charge in [-0.15, -0.1) is 0 Å². The average Bonchev–Trinajstić information content (AvgIpc) is 2.41. The zero-order valence-corrected chi connectivity index (χ0v) is 12.0. The molecule has 1 fully saturated rings. The summed E-state index contributed by atoms with van der Waals surface area (Å²) in [4.78, 5) is 14.1. The Hall–Kier alpha value is -1.26. The van der Waals surface area contributed by atoms with Gasteiger partial charge in [0, 0.05) is 30.2 Å². The van der Waals surface area contributed by atoms with Gasteiger partial charge in [-0.3, -0.25) is 4.79 Å². The maximum absolute atomic E-state index is 12.2. The quantitative estimate of drug-likeness (QED) is 0.919. The molecule has 1 atom stereocenters. The molecule has 104 valence electrons. The number of methoxy groups -OCH3 is 1. The summed E-state index contributed by atoms with van der Waals surface area (Å²) in [5.41, 5.74) is 0.945.